The Bertz CT molecular complexity index is 845. The van der Waals surface area contributed by atoms with Crippen LogP contribution < -0.4 is 10.6 Å². The summed E-state index contributed by atoms with van der Waals surface area (Å²) in [7, 11) is 0. The summed E-state index contributed by atoms with van der Waals surface area (Å²) in [5, 5.41) is 6.69. The van der Waals surface area contributed by atoms with Crippen LogP contribution in [0.2, 0.25) is 0 Å². The Balaban J connectivity index is 1.47. The van der Waals surface area contributed by atoms with Crippen LogP contribution in [0.25, 0.3) is 0 Å². The van der Waals surface area contributed by atoms with Crippen molar-refractivity contribution in [1.29, 1.82) is 0 Å². The lowest BCUT2D eigenvalue weighted by atomic mass is 9.83. The number of carbonyl (C=O) groups is 2. The van der Waals surface area contributed by atoms with Gasteiger partial charge in [-0.15, -0.1) is 0 Å². The molecular weight excluding hydrogens is 374 g/mol. The van der Waals surface area contributed by atoms with Gasteiger partial charge in [0.1, 0.15) is 11.3 Å². The molecule has 1 amide bonds. The fraction of sp³-hybridized carbons (Fsp3) is 0.440. The van der Waals surface area contributed by atoms with Gasteiger partial charge in [0.15, 0.2) is 0 Å². The summed E-state index contributed by atoms with van der Waals surface area (Å²) in [5.74, 6) is 0.406. The van der Waals surface area contributed by atoms with Gasteiger partial charge in [-0.25, -0.2) is 0 Å². The molecular formula is C25H31N3O2. The number of rotatable bonds is 6. The number of amides is 1. The van der Waals surface area contributed by atoms with Crippen molar-refractivity contribution < 1.29 is 9.59 Å². The molecule has 2 fully saturated rings. The maximum Gasteiger partial charge on any atom is 0.246 e. The first-order chi connectivity index (χ1) is 14.7. The molecule has 1 saturated carbocycles. The van der Waals surface area contributed by atoms with E-state index in [1.807, 2.05) is 60.7 Å². The van der Waals surface area contributed by atoms with Crippen molar-refractivity contribution in [2.75, 3.05) is 18.4 Å². The minimum absolute atomic E-state index is 0.0322. The van der Waals surface area contributed by atoms with Crippen molar-refractivity contribution in [1.82, 2.24) is 10.2 Å². The average molecular weight is 406 g/mol. The van der Waals surface area contributed by atoms with E-state index >= 15 is 0 Å². The summed E-state index contributed by atoms with van der Waals surface area (Å²) < 4.78 is 0. The Kier molecular flexibility index (Phi) is 6.48. The Labute approximate surface area is 178 Å². The molecule has 0 bridgehead atoms. The van der Waals surface area contributed by atoms with Crippen molar-refractivity contribution in [3.63, 3.8) is 0 Å². The summed E-state index contributed by atoms with van der Waals surface area (Å²) in [4.78, 5) is 28.1. The normalized spacial score (nSPS) is 21.7. The maximum atomic E-state index is 13.4. The van der Waals surface area contributed by atoms with E-state index in [0.717, 1.165) is 43.6 Å². The standard InChI is InChI=1S/C25H31N3O2/c29-23-14-8-7-13-22(23)28-17-15-25(16-18-28,27-21-11-5-2-6-12-21)24(30)26-19-20-9-3-1-4-10-20/h1-6,9-12,22,27H,7-8,13-19H2,(H,26,30). The summed E-state index contributed by atoms with van der Waals surface area (Å²) in [6.07, 6.45) is 5.17. The third-order valence-corrected chi connectivity index (χ3v) is 6.50. The average Bonchev–Trinajstić information content (AvgIpc) is 2.80. The first kappa shape index (κ1) is 20.6. The molecule has 1 heterocycles. The molecule has 5 nitrogen and oxygen atoms in total. The molecule has 5 heteroatoms. The van der Waals surface area contributed by atoms with E-state index in [9.17, 15) is 9.59 Å². The van der Waals surface area contributed by atoms with Crippen molar-refractivity contribution in [3.05, 3.63) is 66.2 Å². The highest BCUT2D eigenvalue weighted by Crippen LogP contribution is 2.31. The van der Waals surface area contributed by atoms with E-state index in [1.165, 1.54) is 0 Å². The lowest BCUT2D eigenvalue weighted by Gasteiger charge is -2.44. The van der Waals surface area contributed by atoms with Gasteiger partial charge >= 0.3 is 0 Å². The minimum Gasteiger partial charge on any atom is -0.371 e. The Morgan fingerprint density at radius 2 is 1.63 bits per heavy atom. The maximum absolute atomic E-state index is 13.4. The van der Waals surface area contributed by atoms with Crippen molar-refractivity contribution in [3.8, 4) is 0 Å². The zero-order valence-corrected chi connectivity index (χ0v) is 17.5. The van der Waals surface area contributed by atoms with Gasteiger partial charge in [0.2, 0.25) is 5.91 Å². The summed E-state index contributed by atoms with van der Waals surface area (Å²) in [5.41, 5.74) is 1.38. The van der Waals surface area contributed by atoms with Crippen LogP contribution in [0.1, 0.15) is 44.1 Å². The fourth-order valence-corrected chi connectivity index (χ4v) is 4.72. The van der Waals surface area contributed by atoms with Crippen molar-refractivity contribution >= 4 is 17.4 Å². The van der Waals surface area contributed by atoms with Crippen LogP contribution in [-0.4, -0.2) is 41.3 Å². The highest BCUT2D eigenvalue weighted by molar-refractivity contribution is 5.90. The molecule has 4 rings (SSSR count). The number of hydrogen-bond donors (Lipinski definition) is 2. The van der Waals surface area contributed by atoms with E-state index < -0.39 is 5.54 Å². The summed E-state index contributed by atoms with van der Waals surface area (Å²) in [6.45, 7) is 2.03. The first-order valence-electron chi connectivity index (χ1n) is 11.1. The molecule has 158 valence electrons. The quantitative estimate of drug-likeness (QED) is 0.768. The summed E-state index contributed by atoms with van der Waals surface area (Å²) >= 11 is 0. The predicted octanol–water partition coefficient (Wildman–Crippen LogP) is 3.76. The number of ketones is 1. The Morgan fingerprint density at radius 1 is 0.967 bits per heavy atom. The van der Waals surface area contributed by atoms with E-state index in [2.05, 4.69) is 15.5 Å². The molecule has 1 aliphatic carbocycles. The number of para-hydroxylation sites is 1. The monoisotopic (exact) mass is 405 g/mol. The molecule has 1 saturated heterocycles. The number of hydrogen-bond acceptors (Lipinski definition) is 4. The lowest BCUT2D eigenvalue weighted by molar-refractivity contribution is -0.129. The molecule has 0 aromatic heterocycles. The van der Waals surface area contributed by atoms with Crippen LogP contribution >= 0.6 is 0 Å². The zero-order chi connectivity index (χ0) is 20.8. The van der Waals surface area contributed by atoms with Crippen LogP contribution in [-0.2, 0) is 16.1 Å². The number of anilines is 1. The summed E-state index contributed by atoms with van der Waals surface area (Å²) in [6, 6.07) is 20.0. The van der Waals surface area contributed by atoms with E-state index in [4.69, 9.17) is 0 Å². The zero-order valence-electron chi connectivity index (χ0n) is 17.5. The molecule has 2 aromatic rings. The molecule has 2 aliphatic rings. The SMILES string of the molecule is O=C1CCCCC1N1CCC(Nc2ccccc2)(C(=O)NCc2ccccc2)CC1. The van der Waals surface area contributed by atoms with Crippen LogP contribution in [0.4, 0.5) is 5.69 Å². The number of nitrogens with zero attached hydrogens (tertiary/aromatic N) is 1. The van der Waals surface area contributed by atoms with E-state index in [-0.39, 0.29) is 11.9 Å². The number of benzene rings is 2. The number of Topliss-reactive ketones (excluding diaryl/α,β-unsaturated/α-hetero) is 1. The molecule has 0 spiro atoms. The number of likely N-dealkylation sites (tertiary alicyclic amines) is 1. The number of carbonyl (C=O) groups excluding carboxylic acids is 2. The predicted molar refractivity (Wildman–Crippen MR) is 119 cm³/mol. The van der Waals surface area contributed by atoms with Gasteiger partial charge in [-0.3, -0.25) is 14.5 Å². The highest BCUT2D eigenvalue weighted by atomic mass is 16.2. The molecule has 0 radical (unpaired) electrons. The molecule has 1 atom stereocenters. The van der Waals surface area contributed by atoms with Gasteiger partial charge in [0.05, 0.1) is 6.04 Å². The van der Waals surface area contributed by atoms with Gasteiger partial charge in [0.25, 0.3) is 0 Å². The number of piperidine rings is 1. The molecule has 1 unspecified atom stereocenters. The topological polar surface area (TPSA) is 61.4 Å². The molecule has 30 heavy (non-hydrogen) atoms. The van der Waals surface area contributed by atoms with Crippen LogP contribution in [0.3, 0.4) is 0 Å². The molecule has 1 aliphatic heterocycles. The van der Waals surface area contributed by atoms with Gasteiger partial charge in [-0.1, -0.05) is 55.0 Å². The largest absolute Gasteiger partial charge is 0.371 e. The van der Waals surface area contributed by atoms with Crippen LogP contribution in [0.15, 0.2) is 60.7 Å². The van der Waals surface area contributed by atoms with Gasteiger partial charge < -0.3 is 10.6 Å². The highest BCUT2D eigenvalue weighted by Gasteiger charge is 2.43. The van der Waals surface area contributed by atoms with E-state index in [0.29, 0.717) is 31.6 Å². The molecule has 2 aromatic carbocycles. The smallest absolute Gasteiger partial charge is 0.246 e. The van der Waals surface area contributed by atoms with Gasteiger partial charge in [-0.05, 0) is 43.4 Å². The third-order valence-electron chi connectivity index (χ3n) is 6.50. The Morgan fingerprint density at radius 3 is 2.30 bits per heavy atom. The second kappa shape index (κ2) is 9.43. The fourth-order valence-electron chi connectivity index (χ4n) is 4.72. The van der Waals surface area contributed by atoms with Crippen LogP contribution in [0.5, 0.6) is 0 Å². The van der Waals surface area contributed by atoms with E-state index in [1.54, 1.807) is 0 Å². The second-order valence-electron chi connectivity index (χ2n) is 8.51. The second-order valence-corrected chi connectivity index (χ2v) is 8.51. The third kappa shape index (κ3) is 4.73. The minimum atomic E-state index is -0.662. The molecule has 2 N–H and O–H groups in total. The number of nitrogens with one attached hydrogen (secondary N) is 2. The van der Waals surface area contributed by atoms with Crippen molar-refractivity contribution in [2.24, 2.45) is 0 Å². The Hall–Kier alpha value is -2.66. The first-order valence-corrected chi connectivity index (χ1v) is 11.1. The lowest BCUT2D eigenvalue weighted by Crippen LogP contribution is -2.60. The van der Waals surface area contributed by atoms with Gasteiger partial charge in [-0.2, -0.15) is 0 Å². The van der Waals surface area contributed by atoms with Crippen molar-refractivity contribution in [2.45, 2.75) is 56.7 Å². The van der Waals surface area contributed by atoms with Crippen LogP contribution in [0, 0.1) is 0 Å². The van der Waals surface area contributed by atoms with Gasteiger partial charge in [0, 0.05) is 31.7 Å².